The lowest BCUT2D eigenvalue weighted by Crippen LogP contribution is -2.27. The van der Waals surface area contributed by atoms with Gasteiger partial charge in [-0.15, -0.1) is 0 Å². The number of aryl methyl sites for hydroxylation is 2. The second-order valence-corrected chi connectivity index (χ2v) is 5.75. The van der Waals surface area contributed by atoms with E-state index in [2.05, 4.69) is 31.2 Å². The third-order valence-corrected chi connectivity index (χ3v) is 4.38. The van der Waals surface area contributed by atoms with Crippen LogP contribution in [0.1, 0.15) is 51.4 Å². The summed E-state index contributed by atoms with van der Waals surface area (Å²) in [6.07, 6.45) is 4.83. The van der Waals surface area contributed by atoms with Crippen LogP contribution >= 0.6 is 11.6 Å². The van der Waals surface area contributed by atoms with Crippen LogP contribution in [-0.4, -0.2) is 15.8 Å². The van der Waals surface area contributed by atoms with Crippen molar-refractivity contribution >= 4 is 11.6 Å². The third-order valence-electron chi connectivity index (χ3n) is 3.95. The van der Waals surface area contributed by atoms with Crippen LogP contribution in [-0.2, 0) is 19.5 Å². The number of nitrogens with zero attached hydrogens (tertiary/aromatic N) is 2. The highest BCUT2D eigenvalue weighted by Gasteiger charge is 2.22. The molecular formula is C14H24ClN3. The number of nitrogens with one attached hydrogen (secondary N) is 1. The molecule has 0 radical (unpaired) electrons. The van der Waals surface area contributed by atoms with Crippen molar-refractivity contribution in [2.45, 2.75) is 65.6 Å². The maximum absolute atomic E-state index is 6.40. The van der Waals surface area contributed by atoms with Gasteiger partial charge in [0, 0.05) is 19.1 Å². The van der Waals surface area contributed by atoms with Gasteiger partial charge in [-0.1, -0.05) is 25.4 Å². The Hall–Kier alpha value is -0.540. The van der Waals surface area contributed by atoms with Crippen molar-refractivity contribution in [3.63, 3.8) is 0 Å². The molecule has 2 unspecified atom stereocenters. The van der Waals surface area contributed by atoms with E-state index in [1.807, 2.05) is 4.68 Å². The Morgan fingerprint density at radius 1 is 1.39 bits per heavy atom. The fraction of sp³-hybridized carbons (Fsp3) is 0.786. The van der Waals surface area contributed by atoms with Gasteiger partial charge < -0.3 is 5.32 Å². The average Bonchev–Trinajstić information content (AvgIpc) is 2.91. The van der Waals surface area contributed by atoms with Gasteiger partial charge in [-0.05, 0) is 38.5 Å². The van der Waals surface area contributed by atoms with Crippen molar-refractivity contribution < 1.29 is 0 Å². The van der Waals surface area contributed by atoms with Crippen LogP contribution in [0, 0.1) is 5.92 Å². The Morgan fingerprint density at radius 3 is 2.72 bits per heavy atom. The van der Waals surface area contributed by atoms with E-state index in [0.717, 1.165) is 41.8 Å². The summed E-state index contributed by atoms with van der Waals surface area (Å²) in [6.45, 7) is 8.28. The standard InChI is InChI=1S/C14H24ClN3/c1-4-12-14(15)13(18(5-2)17-12)9-16-11-7-6-10(3)8-11/h10-11,16H,4-9H2,1-3H3. The van der Waals surface area contributed by atoms with Crippen molar-refractivity contribution in [1.29, 1.82) is 0 Å². The number of aromatic nitrogens is 2. The first-order chi connectivity index (χ1) is 8.65. The molecule has 1 aliphatic carbocycles. The molecule has 1 fully saturated rings. The van der Waals surface area contributed by atoms with E-state index >= 15 is 0 Å². The first-order valence-corrected chi connectivity index (χ1v) is 7.50. The van der Waals surface area contributed by atoms with E-state index in [1.165, 1.54) is 19.3 Å². The summed E-state index contributed by atoms with van der Waals surface area (Å²) in [7, 11) is 0. The minimum atomic E-state index is 0.654. The molecule has 2 rings (SSSR count). The molecule has 1 aromatic heterocycles. The molecule has 1 aromatic rings. The predicted molar refractivity (Wildman–Crippen MR) is 75.9 cm³/mol. The second-order valence-electron chi connectivity index (χ2n) is 5.37. The number of halogens is 1. The molecule has 0 bridgehead atoms. The van der Waals surface area contributed by atoms with Gasteiger partial charge in [0.1, 0.15) is 0 Å². The molecular weight excluding hydrogens is 246 g/mol. The molecule has 0 aliphatic heterocycles. The summed E-state index contributed by atoms with van der Waals surface area (Å²) in [6, 6.07) is 0.654. The van der Waals surface area contributed by atoms with E-state index in [4.69, 9.17) is 11.6 Å². The van der Waals surface area contributed by atoms with Crippen LogP contribution < -0.4 is 5.32 Å². The van der Waals surface area contributed by atoms with E-state index in [-0.39, 0.29) is 0 Å². The lowest BCUT2D eigenvalue weighted by Gasteiger charge is -2.13. The van der Waals surface area contributed by atoms with Crippen molar-refractivity contribution in [2.75, 3.05) is 0 Å². The summed E-state index contributed by atoms with van der Waals surface area (Å²) < 4.78 is 2.03. The van der Waals surface area contributed by atoms with Crippen molar-refractivity contribution in [3.05, 3.63) is 16.4 Å². The normalized spacial score (nSPS) is 23.8. The maximum Gasteiger partial charge on any atom is 0.0863 e. The zero-order chi connectivity index (χ0) is 13.1. The maximum atomic E-state index is 6.40. The quantitative estimate of drug-likeness (QED) is 0.888. The number of rotatable bonds is 5. The van der Waals surface area contributed by atoms with Crippen LogP contribution in [0.25, 0.3) is 0 Å². The molecule has 4 heteroatoms. The fourth-order valence-corrected chi connectivity index (χ4v) is 3.16. The molecule has 0 amide bonds. The highest BCUT2D eigenvalue weighted by Crippen LogP contribution is 2.26. The van der Waals surface area contributed by atoms with E-state index in [1.54, 1.807) is 0 Å². The largest absolute Gasteiger partial charge is 0.308 e. The minimum absolute atomic E-state index is 0.654. The van der Waals surface area contributed by atoms with Gasteiger partial charge in [-0.2, -0.15) is 5.10 Å². The molecule has 18 heavy (non-hydrogen) atoms. The SMILES string of the molecule is CCc1nn(CC)c(CNC2CCC(C)C2)c1Cl. The van der Waals surface area contributed by atoms with Crippen LogP contribution in [0.4, 0.5) is 0 Å². The zero-order valence-corrected chi connectivity index (χ0v) is 12.4. The van der Waals surface area contributed by atoms with Gasteiger partial charge in [0.15, 0.2) is 0 Å². The Kier molecular flexibility index (Phi) is 4.68. The molecule has 1 aliphatic rings. The summed E-state index contributed by atoms with van der Waals surface area (Å²) in [5.41, 5.74) is 2.17. The lowest BCUT2D eigenvalue weighted by atomic mass is 10.1. The minimum Gasteiger partial charge on any atom is -0.308 e. The summed E-state index contributed by atoms with van der Waals surface area (Å²) in [4.78, 5) is 0. The number of hydrogen-bond acceptors (Lipinski definition) is 2. The second kappa shape index (κ2) is 6.07. The zero-order valence-electron chi connectivity index (χ0n) is 11.7. The molecule has 1 heterocycles. The van der Waals surface area contributed by atoms with Crippen LogP contribution in [0.15, 0.2) is 0 Å². The van der Waals surface area contributed by atoms with Crippen LogP contribution in [0.2, 0.25) is 5.02 Å². The van der Waals surface area contributed by atoms with E-state index < -0.39 is 0 Å². The monoisotopic (exact) mass is 269 g/mol. The van der Waals surface area contributed by atoms with Gasteiger partial charge in [-0.25, -0.2) is 0 Å². The first-order valence-electron chi connectivity index (χ1n) is 7.13. The highest BCUT2D eigenvalue weighted by atomic mass is 35.5. The van der Waals surface area contributed by atoms with Gasteiger partial charge in [0.05, 0.1) is 16.4 Å². The van der Waals surface area contributed by atoms with Gasteiger partial charge in [-0.3, -0.25) is 4.68 Å². The Labute approximate surface area is 115 Å². The summed E-state index contributed by atoms with van der Waals surface area (Å²) in [5, 5.41) is 9.05. The molecule has 102 valence electrons. The van der Waals surface area contributed by atoms with E-state index in [0.29, 0.717) is 6.04 Å². The van der Waals surface area contributed by atoms with Crippen molar-refractivity contribution in [3.8, 4) is 0 Å². The molecule has 0 spiro atoms. The smallest absolute Gasteiger partial charge is 0.0863 e. The van der Waals surface area contributed by atoms with Crippen molar-refractivity contribution in [2.24, 2.45) is 5.92 Å². The molecule has 2 atom stereocenters. The topological polar surface area (TPSA) is 29.9 Å². The molecule has 1 N–H and O–H groups in total. The lowest BCUT2D eigenvalue weighted by molar-refractivity contribution is 0.483. The van der Waals surface area contributed by atoms with Crippen LogP contribution in [0.5, 0.6) is 0 Å². The number of hydrogen-bond donors (Lipinski definition) is 1. The van der Waals surface area contributed by atoms with Gasteiger partial charge in [0.2, 0.25) is 0 Å². The third kappa shape index (κ3) is 2.89. The predicted octanol–water partition coefficient (Wildman–Crippen LogP) is 3.40. The molecule has 0 saturated heterocycles. The highest BCUT2D eigenvalue weighted by molar-refractivity contribution is 6.31. The molecule has 0 aromatic carbocycles. The summed E-state index contributed by atoms with van der Waals surface area (Å²) >= 11 is 6.40. The van der Waals surface area contributed by atoms with Gasteiger partial charge >= 0.3 is 0 Å². The van der Waals surface area contributed by atoms with Crippen molar-refractivity contribution in [1.82, 2.24) is 15.1 Å². The molecule has 3 nitrogen and oxygen atoms in total. The Morgan fingerprint density at radius 2 is 2.17 bits per heavy atom. The van der Waals surface area contributed by atoms with E-state index in [9.17, 15) is 0 Å². The Bertz CT molecular complexity index is 400. The fourth-order valence-electron chi connectivity index (χ4n) is 2.82. The Balaban J connectivity index is 2.01. The molecule has 1 saturated carbocycles. The first kappa shape index (κ1) is 13.9. The average molecular weight is 270 g/mol. The van der Waals surface area contributed by atoms with Crippen LogP contribution in [0.3, 0.4) is 0 Å². The summed E-state index contributed by atoms with van der Waals surface area (Å²) in [5.74, 6) is 0.861. The van der Waals surface area contributed by atoms with Gasteiger partial charge in [0.25, 0.3) is 0 Å².